The smallest absolute Gasteiger partial charge is 0.270 e. The fourth-order valence-electron chi connectivity index (χ4n) is 3.39. The number of nitrogens with one attached hydrogen (secondary N) is 1. The van der Waals surface area contributed by atoms with Gasteiger partial charge in [-0.2, -0.15) is 0 Å². The summed E-state index contributed by atoms with van der Waals surface area (Å²) >= 11 is 0. The molecule has 4 heteroatoms. The highest BCUT2D eigenvalue weighted by Crippen LogP contribution is 2.30. The van der Waals surface area contributed by atoms with Gasteiger partial charge < -0.3 is 15.0 Å². The van der Waals surface area contributed by atoms with Gasteiger partial charge in [-0.1, -0.05) is 30.3 Å². The van der Waals surface area contributed by atoms with Crippen molar-refractivity contribution in [3.63, 3.8) is 0 Å². The number of benzene rings is 2. The van der Waals surface area contributed by atoms with Gasteiger partial charge in [0.05, 0.1) is 0 Å². The third-order valence-corrected chi connectivity index (χ3v) is 4.81. The molecule has 1 fully saturated rings. The lowest BCUT2D eigenvalue weighted by Crippen LogP contribution is -2.34. The maximum absolute atomic E-state index is 13.0. The van der Waals surface area contributed by atoms with E-state index in [4.69, 9.17) is 5.11 Å². The van der Waals surface area contributed by atoms with Crippen LogP contribution in [0, 0.1) is 0 Å². The average molecular weight is 322 g/mol. The molecule has 0 aliphatic heterocycles. The largest absolute Gasteiger partial charge is 0.396 e. The van der Waals surface area contributed by atoms with E-state index in [0.29, 0.717) is 11.7 Å². The molecule has 0 unspecified atom stereocenters. The summed E-state index contributed by atoms with van der Waals surface area (Å²) in [6, 6.07) is 14.7. The van der Waals surface area contributed by atoms with Gasteiger partial charge in [-0.25, -0.2) is 0 Å². The van der Waals surface area contributed by atoms with Crippen LogP contribution in [0.5, 0.6) is 0 Å². The van der Waals surface area contributed by atoms with Gasteiger partial charge >= 0.3 is 0 Å². The predicted molar refractivity (Wildman–Crippen MR) is 96.2 cm³/mol. The van der Waals surface area contributed by atoms with E-state index in [1.807, 2.05) is 29.2 Å². The first kappa shape index (κ1) is 15.2. The molecule has 2 N–H and O–H groups in total. The number of nitrogens with zero attached hydrogens (tertiary/aromatic N) is 1. The molecule has 0 radical (unpaired) electrons. The van der Waals surface area contributed by atoms with Gasteiger partial charge in [-0.3, -0.25) is 4.79 Å². The first-order valence-corrected chi connectivity index (χ1v) is 8.70. The summed E-state index contributed by atoms with van der Waals surface area (Å²) in [5.41, 5.74) is 1.67. The van der Waals surface area contributed by atoms with E-state index in [2.05, 4.69) is 23.2 Å². The highest BCUT2D eigenvalue weighted by atomic mass is 16.3. The number of hydrogen-bond acceptors (Lipinski definition) is 2. The summed E-state index contributed by atoms with van der Waals surface area (Å²) in [6.45, 7) is 0.908. The summed E-state index contributed by atoms with van der Waals surface area (Å²) in [7, 11) is 0. The Hall–Kier alpha value is -2.33. The zero-order valence-corrected chi connectivity index (χ0v) is 13.7. The lowest BCUT2D eigenvalue weighted by molar-refractivity contribution is 0.0732. The Morgan fingerprint density at radius 3 is 2.75 bits per heavy atom. The molecule has 24 heavy (non-hydrogen) atoms. The van der Waals surface area contributed by atoms with E-state index in [0.717, 1.165) is 43.1 Å². The third-order valence-electron chi connectivity index (χ3n) is 4.81. The quantitative estimate of drug-likeness (QED) is 0.680. The second-order valence-electron chi connectivity index (χ2n) is 6.59. The number of unbranched alkanes of at least 4 members (excludes halogenated alkanes) is 1. The maximum atomic E-state index is 13.0. The molecule has 0 bridgehead atoms. The standard InChI is InChI=1S/C20H22N2O2/c23-12-4-3-11-22(15-8-9-15)20(24)19-13-17-16-6-2-1-5-14(16)7-10-18(17)21-19/h1-2,5-7,10,13,15,21,23H,3-4,8-9,11-12H2. The molecule has 2 aromatic carbocycles. The molecule has 1 aliphatic carbocycles. The molecule has 0 spiro atoms. The van der Waals surface area contributed by atoms with Gasteiger partial charge in [0.1, 0.15) is 5.69 Å². The van der Waals surface area contributed by atoms with Crippen LogP contribution in [0.25, 0.3) is 21.7 Å². The van der Waals surface area contributed by atoms with E-state index in [1.165, 1.54) is 10.8 Å². The number of H-pyrrole nitrogens is 1. The van der Waals surface area contributed by atoms with Crippen molar-refractivity contribution in [2.45, 2.75) is 31.7 Å². The first-order valence-electron chi connectivity index (χ1n) is 8.70. The van der Waals surface area contributed by atoms with Crippen LogP contribution in [0.4, 0.5) is 0 Å². The number of fused-ring (bicyclic) bond motifs is 3. The van der Waals surface area contributed by atoms with Crippen molar-refractivity contribution in [1.29, 1.82) is 0 Å². The Morgan fingerprint density at radius 1 is 1.12 bits per heavy atom. The van der Waals surface area contributed by atoms with E-state index in [-0.39, 0.29) is 12.5 Å². The Labute approximate surface area is 141 Å². The first-order chi connectivity index (χ1) is 11.8. The number of aromatic nitrogens is 1. The number of aliphatic hydroxyl groups excluding tert-OH is 1. The summed E-state index contributed by atoms with van der Waals surface area (Å²) in [6.07, 6.45) is 3.78. The molecule has 4 rings (SSSR count). The normalized spacial score (nSPS) is 14.4. The molecule has 3 aromatic rings. The number of aromatic amines is 1. The average Bonchev–Trinajstić information content (AvgIpc) is 3.35. The van der Waals surface area contributed by atoms with Crippen LogP contribution in [0.1, 0.15) is 36.2 Å². The van der Waals surface area contributed by atoms with Crippen LogP contribution in [0.15, 0.2) is 42.5 Å². The monoisotopic (exact) mass is 322 g/mol. The zero-order chi connectivity index (χ0) is 16.5. The minimum absolute atomic E-state index is 0.0794. The molecule has 4 nitrogen and oxygen atoms in total. The Balaban J connectivity index is 1.67. The van der Waals surface area contributed by atoms with Crippen LogP contribution < -0.4 is 0 Å². The van der Waals surface area contributed by atoms with Gasteiger partial charge in [-0.05, 0) is 48.6 Å². The van der Waals surface area contributed by atoms with E-state index < -0.39 is 0 Å². The van der Waals surface area contributed by atoms with Crippen molar-refractivity contribution in [1.82, 2.24) is 9.88 Å². The van der Waals surface area contributed by atoms with E-state index >= 15 is 0 Å². The topological polar surface area (TPSA) is 56.3 Å². The number of carbonyl (C=O) groups excluding carboxylic acids is 1. The fourth-order valence-corrected chi connectivity index (χ4v) is 3.39. The third kappa shape index (κ3) is 2.78. The second kappa shape index (κ2) is 6.29. The number of rotatable bonds is 6. The van der Waals surface area contributed by atoms with E-state index in [1.54, 1.807) is 0 Å². The summed E-state index contributed by atoms with van der Waals surface area (Å²) in [5, 5.41) is 12.4. The van der Waals surface area contributed by atoms with Gasteiger partial charge in [0, 0.05) is 30.1 Å². The molecule has 1 saturated carbocycles. The van der Waals surface area contributed by atoms with Crippen molar-refractivity contribution < 1.29 is 9.90 Å². The molecular weight excluding hydrogens is 300 g/mol. The van der Waals surface area contributed by atoms with Crippen LogP contribution in [-0.4, -0.2) is 40.1 Å². The summed E-state index contributed by atoms with van der Waals surface area (Å²) in [4.78, 5) is 18.2. The van der Waals surface area contributed by atoms with Gasteiger partial charge in [-0.15, -0.1) is 0 Å². The van der Waals surface area contributed by atoms with Crippen LogP contribution in [-0.2, 0) is 0 Å². The molecule has 1 aliphatic rings. The molecular formula is C20H22N2O2. The molecule has 0 atom stereocenters. The SMILES string of the molecule is O=C(c1cc2c(ccc3ccccc32)[nH]1)N(CCCCO)C1CC1. The Kier molecular flexibility index (Phi) is 3.98. The predicted octanol–water partition coefficient (Wildman–Crippen LogP) is 3.70. The zero-order valence-electron chi connectivity index (χ0n) is 13.7. The van der Waals surface area contributed by atoms with Crippen molar-refractivity contribution in [3.05, 3.63) is 48.2 Å². The number of aliphatic hydroxyl groups is 1. The minimum Gasteiger partial charge on any atom is -0.396 e. The van der Waals surface area contributed by atoms with E-state index in [9.17, 15) is 4.79 Å². The number of hydrogen-bond donors (Lipinski definition) is 2. The second-order valence-corrected chi connectivity index (χ2v) is 6.59. The van der Waals surface area contributed by atoms with Crippen molar-refractivity contribution >= 4 is 27.6 Å². The maximum Gasteiger partial charge on any atom is 0.270 e. The van der Waals surface area contributed by atoms with Crippen molar-refractivity contribution in [2.24, 2.45) is 0 Å². The number of amides is 1. The number of carbonyl (C=O) groups is 1. The lowest BCUT2D eigenvalue weighted by Gasteiger charge is -2.21. The summed E-state index contributed by atoms with van der Waals surface area (Å²) in [5.74, 6) is 0.0794. The highest BCUT2D eigenvalue weighted by molar-refractivity contribution is 6.09. The van der Waals surface area contributed by atoms with Gasteiger partial charge in [0.25, 0.3) is 5.91 Å². The van der Waals surface area contributed by atoms with Crippen LogP contribution in [0.3, 0.4) is 0 Å². The lowest BCUT2D eigenvalue weighted by atomic mass is 10.1. The molecule has 0 saturated heterocycles. The highest BCUT2D eigenvalue weighted by Gasteiger charge is 2.33. The van der Waals surface area contributed by atoms with Crippen molar-refractivity contribution in [3.8, 4) is 0 Å². The minimum atomic E-state index is 0.0794. The fraction of sp³-hybridized carbons (Fsp3) is 0.350. The van der Waals surface area contributed by atoms with Gasteiger partial charge in [0.2, 0.25) is 0 Å². The Morgan fingerprint density at radius 2 is 1.96 bits per heavy atom. The van der Waals surface area contributed by atoms with Gasteiger partial charge in [0.15, 0.2) is 0 Å². The molecule has 124 valence electrons. The van der Waals surface area contributed by atoms with Crippen LogP contribution >= 0.6 is 0 Å². The molecule has 1 heterocycles. The van der Waals surface area contributed by atoms with Crippen molar-refractivity contribution in [2.75, 3.05) is 13.2 Å². The van der Waals surface area contributed by atoms with Crippen LogP contribution in [0.2, 0.25) is 0 Å². The summed E-state index contributed by atoms with van der Waals surface area (Å²) < 4.78 is 0. The molecule has 1 aromatic heterocycles. The molecule has 1 amide bonds. The Bertz CT molecular complexity index is 880.